The van der Waals surface area contributed by atoms with Crippen LogP contribution in [0.25, 0.3) is 0 Å². The van der Waals surface area contributed by atoms with Crippen LogP contribution in [0.3, 0.4) is 0 Å². The third-order valence-corrected chi connectivity index (χ3v) is 3.14. The van der Waals surface area contributed by atoms with Crippen LogP contribution in [-0.4, -0.2) is 13.1 Å². The van der Waals surface area contributed by atoms with Crippen LogP contribution < -0.4 is 0 Å². The Morgan fingerprint density at radius 2 is 2.31 bits per heavy atom. The first kappa shape index (κ1) is 10.3. The molecular weight excluding hydrogens is 164 g/mol. The zero-order valence-corrected chi connectivity index (χ0v) is 8.45. The molecule has 2 nitrogen and oxygen atoms in total. The average molecular weight is 182 g/mol. The van der Waals surface area contributed by atoms with E-state index in [0.29, 0.717) is 11.8 Å². The van der Waals surface area contributed by atoms with Crippen LogP contribution in [0, 0.1) is 17.8 Å². The summed E-state index contributed by atoms with van der Waals surface area (Å²) in [4.78, 5) is 11.3. The summed E-state index contributed by atoms with van der Waals surface area (Å²) < 4.78 is 4.74. The van der Waals surface area contributed by atoms with Gasteiger partial charge in [0.25, 0.3) is 0 Å². The van der Waals surface area contributed by atoms with Gasteiger partial charge in [-0.05, 0) is 24.7 Å². The molecule has 0 aromatic carbocycles. The number of hydrogen-bond donors (Lipinski definition) is 0. The molecule has 13 heavy (non-hydrogen) atoms. The van der Waals surface area contributed by atoms with Gasteiger partial charge in [-0.3, -0.25) is 4.79 Å². The number of carbonyl (C=O) groups excluding carboxylic acids is 1. The monoisotopic (exact) mass is 182 g/mol. The standard InChI is InChI=1S/C11H18O2/c1-4-9-6-5-7-10(9)8(2)11(12)13-3/h4,8-10H,1,5-7H2,2-3H3/t8-,9-,10+/m1/s1. The molecule has 1 rings (SSSR count). The van der Waals surface area contributed by atoms with E-state index in [1.807, 2.05) is 13.0 Å². The SMILES string of the molecule is C=C[C@@H]1CCC[C@H]1[C@@H](C)C(=O)OC. The first-order valence-electron chi connectivity index (χ1n) is 4.91. The highest BCUT2D eigenvalue weighted by atomic mass is 16.5. The lowest BCUT2D eigenvalue weighted by atomic mass is 9.85. The molecule has 0 heterocycles. The molecule has 0 aromatic heterocycles. The minimum Gasteiger partial charge on any atom is -0.469 e. The molecule has 1 aliphatic carbocycles. The number of hydrogen-bond acceptors (Lipinski definition) is 2. The van der Waals surface area contributed by atoms with E-state index in [1.54, 1.807) is 0 Å². The Labute approximate surface area is 80.0 Å². The zero-order chi connectivity index (χ0) is 9.84. The molecule has 0 amide bonds. The second-order valence-electron chi connectivity index (χ2n) is 3.81. The quantitative estimate of drug-likeness (QED) is 0.495. The van der Waals surface area contributed by atoms with Crippen molar-refractivity contribution in [1.82, 2.24) is 0 Å². The predicted octanol–water partition coefficient (Wildman–Crippen LogP) is 2.40. The summed E-state index contributed by atoms with van der Waals surface area (Å²) >= 11 is 0. The molecule has 0 radical (unpaired) electrons. The van der Waals surface area contributed by atoms with E-state index in [4.69, 9.17) is 4.74 Å². The molecule has 0 aliphatic heterocycles. The lowest BCUT2D eigenvalue weighted by molar-refractivity contribution is -0.147. The van der Waals surface area contributed by atoms with Crippen LogP contribution in [0.15, 0.2) is 12.7 Å². The Hall–Kier alpha value is -0.790. The van der Waals surface area contributed by atoms with Crippen LogP contribution >= 0.6 is 0 Å². The summed E-state index contributed by atoms with van der Waals surface area (Å²) in [6.07, 6.45) is 5.50. The number of methoxy groups -OCH3 is 1. The van der Waals surface area contributed by atoms with Gasteiger partial charge in [0.05, 0.1) is 13.0 Å². The molecule has 0 N–H and O–H groups in total. The fourth-order valence-corrected chi connectivity index (χ4v) is 2.29. The first-order chi connectivity index (χ1) is 6.20. The van der Waals surface area contributed by atoms with Crippen molar-refractivity contribution in [3.63, 3.8) is 0 Å². The van der Waals surface area contributed by atoms with Crippen LogP contribution in [0.5, 0.6) is 0 Å². The minimum atomic E-state index is -0.0845. The summed E-state index contributed by atoms with van der Waals surface area (Å²) in [7, 11) is 1.46. The molecule has 0 bridgehead atoms. The Balaban J connectivity index is 2.59. The van der Waals surface area contributed by atoms with Crippen molar-refractivity contribution >= 4 is 5.97 Å². The number of rotatable bonds is 3. The van der Waals surface area contributed by atoms with Crippen LogP contribution in [-0.2, 0) is 9.53 Å². The van der Waals surface area contributed by atoms with Gasteiger partial charge in [0.1, 0.15) is 0 Å². The van der Waals surface area contributed by atoms with E-state index < -0.39 is 0 Å². The van der Waals surface area contributed by atoms with Crippen molar-refractivity contribution < 1.29 is 9.53 Å². The Bertz CT molecular complexity index is 198. The molecule has 3 atom stereocenters. The van der Waals surface area contributed by atoms with E-state index in [1.165, 1.54) is 20.0 Å². The van der Waals surface area contributed by atoms with Crippen molar-refractivity contribution in [3.05, 3.63) is 12.7 Å². The molecule has 1 saturated carbocycles. The average Bonchev–Trinajstić information content (AvgIpc) is 2.62. The van der Waals surface area contributed by atoms with E-state index in [9.17, 15) is 4.79 Å². The molecule has 0 saturated heterocycles. The maximum absolute atomic E-state index is 11.3. The Kier molecular flexibility index (Phi) is 3.52. The summed E-state index contributed by atoms with van der Waals surface area (Å²) in [5, 5.41) is 0. The fraction of sp³-hybridized carbons (Fsp3) is 0.727. The van der Waals surface area contributed by atoms with Gasteiger partial charge in [-0.2, -0.15) is 0 Å². The van der Waals surface area contributed by atoms with Crippen molar-refractivity contribution in [3.8, 4) is 0 Å². The first-order valence-corrected chi connectivity index (χ1v) is 4.91. The molecule has 74 valence electrons. The maximum atomic E-state index is 11.3. The molecule has 1 aliphatic rings. The highest BCUT2D eigenvalue weighted by molar-refractivity contribution is 5.72. The largest absolute Gasteiger partial charge is 0.469 e. The fourth-order valence-electron chi connectivity index (χ4n) is 2.29. The second kappa shape index (κ2) is 4.45. The van der Waals surface area contributed by atoms with Gasteiger partial charge in [0.2, 0.25) is 0 Å². The minimum absolute atomic E-state index is 0.0236. The summed E-state index contributed by atoms with van der Waals surface area (Å²) in [5.74, 6) is 0.897. The van der Waals surface area contributed by atoms with Gasteiger partial charge in [-0.15, -0.1) is 6.58 Å². The molecule has 2 heteroatoms. The highest BCUT2D eigenvalue weighted by Crippen LogP contribution is 2.37. The van der Waals surface area contributed by atoms with Crippen LogP contribution in [0.4, 0.5) is 0 Å². The van der Waals surface area contributed by atoms with Crippen molar-refractivity contribution in [2.24, 2.45) is 17.8 Å². The predicted molar refractivity (Wildman–Crippen MR) is 52.2 cm³/mol. The number of esters is 1. The number of ether oxygens (including phenoxy) is 1. The van der Waals surface area contributed by atoms with Gasteiger partial charge in [-0.25, -0.2) is 0 Å². The summed E-state index contributed by atoms with van der Waals surface area (Å²) in [6, 6.07) is 0. The maximum Gasteiger partial charge on any atom is 0.308 e. The molecule has 0 spiro atoms. The summed E-state index contributed by atoms with van der Waals surface area (Å²) in [6.45, 7) is 5.77. The highest BCUT2D eigenvalue weighted by Gasteiger charge is 2.33. The third kappa shape index (κ3) is 2.11. The summed E-state index contributed by atoms with van der Waals surface area (Å²) in [5.41, 5.74) is 0. The topological polar surface area (TPSA) is 26.3 Å². The van der Waals surface area contributed by atoms with E-state index in [2.05, 4.69) is 6.58 Å². The number of carbonyl (C=O) groups is 1. The second-order valence-corrected chi connectivity index (χ2v) is 3.81. The third-order valence-electron chi connectivity index (χ3n) is 3.14. The van der Waals surface area contributed by atoms with Gasteiger partial charge in [-0.1, -0.05) is 19.4 Å². The lowest BCUT2D eigenvalue weighted by Crippen LogP contribution is -2.24. The Morgan fingerprint density at radius 3 is 2.85 bits per heavy atom. The molecular formula is C11H18O2. The Morgan fingerprint density at radius 1 is 1.62 bits per heavy atom. The van der Waals surface area contributed by atoms with E-state index in [0.717, 1.165) is 6.42 Å². The lowest BCUT2D eigenvalue weighted by Gasteiger charge is -2.21. The van der Waals surface area contributed by atoms with Crippen molar-refractivity contribution in [2.45, 2.75) is 26.2 Å². The molecule has 0 aromatic rings. The molecule has 0 unspecified atom stereocenters. The van der Waals surface area contributed by atoms with Gasteiger partial charge < -0.3 is 4.74 Å². The molecule has 1 fully saturated rings. The van der Waals surface area contributed by atoms with Crippen LogP contribution in [0.2, 0.25) is 0 Å². The number of allylic oxidation sites excluding steroid dienone is 1. The van der Waals surface area contributed by atoms with Crippen molar-refractivity contribution in [1.29, 1.82) is 0 Å². The smallest absolute Gasteiger partial charge is 0.308 e. The van der Waals surface area contributed by atoms with Gasteiger partial charge >= 0.3 is 5.97 Å². The van der Waals surface area contributed by atoms with Gasteiger partial charge in [0.15, 0.2) is 0 Å². The van der Waals surface area contributed by atoms with E-state index >= 15 is 0 Å². The van der Waals surface area contributed by atoms with Crippen LogP contribution in [0.1, 0.15) is 26.2 Å². The van der Waals surface area contributed by atoms with Gasteiger partial charge in [0, 0.05) is 0 Å². The van der Waals surface area contributed by atoms with Crippen molar-refractivity contribution in [2.75, 3.05) is 7.11 Å². The zero-order valence-electron chi connectivity index (χ0n) is 8.45. The normalized spacial score (nSPS) is 29.7. The van der Waals surface area contributed by atoms with E-state index in [-0.39, 0.29) is 11.9 Å².